The van der Waals surface area contributed by atoms with Crippen molar-refractivity contribution in [1.82, 2.24) is 20.1 Å². The summed E-state index contributed by atoms with van der Waals surface area (Å²) >= 11 is 1.36. The van der Waals surface area contributed by atoms with Crippen molar-refractivity contribution in [2.45, 2.75) is 30.5 Å². The van der Waals surface area contributed by atoms with E-state index in [0.717, 1.165) is 42.9 Å². The van der Waals surface area contributed by atoms with Crippen LogP contribution in [0.4, 0.5) is 0 Å². The van der Waals surface area contributed by atoms with Crippen molar-refractivity contribution in [3.05, 3.63) is 48.5 Å². The van der Waals surface area contributed by atoms with Crippen LogP contribution < -0.4 is 14.8 Å². The van der Waals surface area contributed by atoms with Gasteiger partial charge in [-0.15, -0.1) is 10.2 Å². The number of rotatable bonds is 7. The molecule has 3 heterocycles. The van der Waals surface area contributed by atoms with Gasteiger partial charge in [-0.1, -0.05) is 30.0 Å². The minimum atomic E-state index is -0.0461. The number of carbonyl (C=O) groups excluding carboxylic acids is 1. The molecule has 9 heteroatoms. The molecule has 1 aromatic heterocycles. The van der Waals surface area contributed by atoms with E-state index < -0.39 is 0 Å². The molecule has 1 unspecified atom stereocenters. The molecule has 2 aromatic carbocycles. The highest BCUT2D eigenvalue weighted by molar-refractivity contribution is 7.99. The normalized spacial score (nSPS) is 17.5. The summed E-state index contributed by atoms with van der Waals surface area (Å²) in [6, 6.07) is 15.7. The van der Waals surface area contributed by atoms with E-state index in [2.05, 4.69) is 15.5 Å². The Bertz CT molecular complexity index is 1100. The van der Waals surface area contributed by atoms with Gasteiger partial charge in [-0.05, 0) is 43.2 Å². The molecule has 1 amide bonds. The molecule has 33 heavy (non-hydrogen) atoms. The maximum Gasteiger partial charge on any atom is 0.230 e. The third kappa shape index (κ3) is 5.15. The lowest BCUT2D eigenvalue weighted by Gasteiger charge is -2.13. The van der Waals surface area contributed by atoms with Crippen molar-refractivity contribution in [3.63, 3.8) is 0 Å². The average Bonchev–Trinajstić information content (AvgIpc) is 3.46. The van der Waals surface area contributed by atoms with Gasteiger partial charge < -0.3 is 19.5 Å². The largest absolute Gasteiger partial charge is 0.490 e. The average molecular weight is 467 g/mol. The molecule has 1 fully saturated rings. The van der Waals surface area contributed by atoms with Gasteiger partial charge >= 0.3 is 0 Å². The lowest BCUT2D eigenvalue weighted by molar-refractivity contribution is -0.119. The first-order valence-corrected chi connectivity index (χ1v) is 12.2. The van der Waals surface area contributed by atoms with Crippen molar-refractivity contribution in [2.75, 3.05) is 32.1 Å². The van der Waals surface area contributed by atoms with E-state index in [9.17, 15) is 4.79 Å². The zero-order valence-corrected chi connectivity index (χ0v) is 19.1. The number of nitrogens with one attached hydrogen (secondary N) is 1. The highest BCUT2D eigenvalue weighted by Crippen LogP contribution is 2.35. The summed E-state index contributed by atoms with van der Waals surface area (Å²) < 4.78 is 19.2. The molecule has 3 aromatic rings. The predicted octanol–water partition coefficient (Wildman–Crippen LogP) is 3.48. The maximum atomic E-state index is 12.4. The van der Waals surface area contributed by atoms with Crippen LogP contribution in [0.3, 0.4) is 0 Å². The molecule has 8 nitrogen and oxygen atoms in total. The monoisotopic (exact) mass is 466 g/mol. The Balaban J connectivity index is 1.38. The number of fused-ring (bicyclic) bond motifs is 1. The summed E-state index contributed by atoms with van der Waals surface area (Å²) in [6.45, 7) is 2.58. The van der Waals surface area contributed by atoms with Gasteiger partial charge in [0.05, 0.1) is 25.1 Å². The molecule has 2 aliphatic rings. The van der Waals surface area contributed by atoms with Gasteiger partial charge in [0.15, 0.2) is 22.5 Å². The fourth-order valence-electron chi connectivity index (χ4n) is 3.88. The molecule has 1 saturated heterocycles. The standard InChI is InChI=1S/C24H26N4O4S/c29-22(25-15-19-8-4-11-30-19)16-33-24-27-26-23(28(24)18-6-2-1-3-7-18)17-9-10-20-21(14-17)32-13-5-12-31-20/h1-3,6-7,9-10,14,19H,4-5,8,11-13,15-16H2,(H,25,29). The van der Waals surface area contributed by atoms with Crippen LogP contribution >= 0.6 is 11.8 Å². The molecule has 1 atom stereocenters. The number of nitrogens with zero attached hydrogens (tertiary/aromatic N) is 3. The van der Waals surface area contributed by atoms with Crippen LogP contribution in [0.2, 0.25) is 0 Å². The molecule has 172 valence electrons. The highest BCUT2D eigenvalue weighted by Gasteiger charge is 2.20. The quantitative estimate of drug-likeness (QED) is 0.534. The number of para-hydroxylation sites is 1. The molecular weight excluding hydrogens is 440 g/mol. The van der Waals surface area contributed by atoms with Gasteiger partial charge in [0.25, 0.3) is 0 Å². The van der Waals surface area contributed by atoms with E-state index in [1.54, 1.807) is 0 Å². The minimum Gasteiger partial charge on any atom is -0.490 e. The molecular formula is C24H26N4O4S. The number of hydrogen-bond donors (Lipinski definition) is 1. The molecule has 0 radical (unpaired) electrons. The highest BCUT2D eigenvalue weighted by atomic mass is 32.2. The van der Waals surface area contributed by atoms with Crippen LogP contribution in [-0.2, 0) is 9.53 Å². The summed E-state index contributed by atoms with van der Waals surface area (Å²) in [4.78, 5) is 12.4. The molecule has 2 aliphatic heterocycles. The third-order valence-corrected chi connectivity index (χ3v) is 6.47. The van der Waals surface area contributed by atoms with Gasteiger partial charge in [-0.3, -0.25) is 9.36 Å². The Morgan fingerprint density at radius 2 is 1.88 bits per heavy atom. The summed E-state index contributed by atoms with van der Waals surface area (Å²) in [6.07, 6.45) is 3.02. The van der Waals surface area contributed by atoms with Crippen LogP contribution in [0.5, 0.6) is 11.5 Å². The number of carbonyl (C=O) groups is 1. The van der Waals surface area contributed by atoms with Crippen molar-refractivity contribution >= 4 is 17.7 Å². The Morgan fingerprint density at radius 1 is 1.03 bits per heavy atom. The first-order valence-electron chi connectivity index (χ1n) is 11.2. The zero-order valence-electron chi connectivity index (χ0n) is 18.2. The van der Waals surface area contributed by atoms with Crippen molar-refractivity contribution in [3.8, 4) is 28.6 Å². The lowest BCUT2D eigenvalue weighted by atomic mass is 10.2. The molecule has 0 saturated carbocycles. The molecule has 5 rings (SSSR count). The molecule has 0 aliphatic carbocycles. The van der Waals surface area contributed by atoms with Crippen LogP contribution in [0.15, 0.2) is 53.7 Å². The molecule has 1 N–H and O–H groups in total. The Kier molecular flexibility index (Phi) is 6.78. The van der Waals surface area contributed by atoms with Crippen molar-refractivity contribution in [1.29, 1.82) is 0 Å². The predicted molar refractivity (Wildman–Crippen MR) is 125 cm³/mol. The number of hydrogen-bond acceptors (Lipinski definition) is 7. The second kappa shape index (κ2) is 10.3. The fraction of sp³-hybridized carbons (Fsp3) is 0.375. The van der Waals surface area contributed by atoms with Crippen molar-refractivity contribution in [2.24, 2.45) is 0 Å². The van der Waals surface area contributed by atoms with Crippen LogP contribution in [0.1, 0.15) is 19.3 Å². The summed E-state index contributed by atoms with van der Waals surface area (Å²) in [5.74, 6) is 2.32. The molecule has 0 bridgehead atoms. The van der Waals surface area contributed by atoms with Gasteiger partial charge in [0.1, 0.15) is 0 Å². The van der Waals surface area contributed by atoms with Crippen LogP contribution in [-0.4, -0.2) is 58.9 Å². The Morgan fingerprint density at radius 3 is 2.70 bits per heavy atom. The lowest BCUT2D eigenvalue weighted by Crippen LogP contribution is -2.32. The first kappa shape index (κ1) is 21.8. The smallest absolute Gasteiger partial charge is 0.230 e. The number of amides is 1. The van der Waals surface area contributed by atoms with Crippen LogP contribution in [0, 0.1) is 0 Å². The number of thioether (sulfide) groups is 1. The minimum absolute atomic E-state index is 0.0461. The zero-order chi connectivity index (χ0) is 22.5. The first-order chi connectivity index (χ1) is 16.3. The number of benzene rings is 2. The third-order valence-electron chi connectivity index (χ3n) is 5.54. The summed E-state index contributed by atoms with van der Waals surface area (Å²) in [5, 5.41) is 12.5. The number of aromatic nitrogens is 3. The SMILES string of the molecule is O=C(CSc1nnc(-c2ccc3c(c2)OCCCO3)n1-c1ccccc1)NCC1CCCO1. The van der Waals surface area contributed by atoms with E-state index in [-0.39, 0.29) is 17.8 Å². The van der Waals surface area contributed by atoms with Gasteiger partial charge in [0.2, 0.25) is 5.91 Å². The van der Waals surface area contributed by atoms with Gasteiger partial charge in [-0.25, -0.2) is 0 Å². The Hall–Kier alpha value is -3.04. The van der Waals surface area contributed by atoms with E-state index >= 15 is 0 Å². The van der Waals surface area contributed by atoms with E-state index in [4.69, 9.17) is 14.2 Å². The summed E-state index contributed by atoms with van der Waals surface area (Å²) in [7, 11) is 0. The van der Waals surface area contributed by atoms with E-state index in [0.29, 0.717) is 36.5 Å². The van der Waals surface area contributed by atoms with Gasteiger partial charge in [-0.2, -0.15) is 0 Å². The Labute approximate surface area is 196 Å². The topological polar surface area (TPSA) is 87.5 Å². The van der Waals surface area contributed by atoms with E-state index in [1.165, 1.54) is 11.8 Å². The second-order valence-corrected chi connectivity index (χ2v) is 8.86. The van der Waals surface area contributed by atoms with Crippen molar-refractivity contribution < 1.29 is 19.0 Å². The maximum absolute atomic E-state index is 12.4. The van der Waals surface area contributed by atoms with Gasteiger partial charge in [0, 0.05) is 30.8 Å². The molecule has 0 spiro atoms. The number of ether oxygens (including phenoxy) is 3. The second-order valence-electron chi connectivity index (χ2n) is 7.92. The van der Waals surface area contributed by atoms with E-state index in [1.807, 2.05) is 53.1 Å². The fourth-order valence-corrected chi connectivity index (χ4v) is 4.66. The summed E-state index contributed by atoms with van der Waals surface area (Å²) in [5.41, 5.74) is 1.79. The van der Waals surface area contributed by atoms with Crippen LogP contribution in [0.25, 0.3) is 17.1 Å².